The number of ether oxygens (including phenoxy) is 2. The Balaban J connectivity index is 4.59. The van der Waals surface area contributed by atoms with Gasteiger partial charge >= 0.3 is 0 Å². The van der Waals surface area contributed by atoms with Gasteiger partial charge < -0.3 is 14.4 Å². The van der Waals surface area contributed by atoms with Crippen LogP contribution in [-0.2, 0) is 9.47 Å². The Labute approximate surface area is 110 Å². The molecule has 0 radical (unpaired) electrons. The zero-order valence-corrected chi connectivity index (χ0v) is 12.1. The molecule has 108 valence electrons. The molecule has 0 aromatic rings. The summed E-state index contributed by atoms with van der Waals surface area (Å²) in [6, 6.07) is 0.196. The summed E-state index contributed by atoms with van der Waals surface area (Å²) in [7, 11) is 3.37. The van der Waals surface area contributed by atoms with Gasteiger partial charge in [-0.15, -0.1) is 0 Å². The second-order valence-corrected chi connectivity index (χ2v) is 4.19. The first-order valence-electron chi connectivity index (χ1n) is 6.46. The Morgan fingerprint density at radius 1 is 1.39 bits per heavy atom. The average Bonchev–Trinajstić information content (AvgIpc) is 2.37. The van der Waals surface area contributed by atoms with Crippen molar-refractivity contribution in [2.24, 2.45) is 10.8 Å². The number of nitrogens with one attached hydrogen (secondary N) is 1. The smallest absolute Gasteiger partial charge is 0.208 e. The summed E-state index contributed by atoms with van der Waals surface area (Å²) in [4.78, 5) is 6.56. The van der Waals surface area contributed by atoms with Crippen molar-refractivity contribution in [2.45, 2.75) is 32.7 Å². The normalized spacial score (nSPS) is 13.5. The van der Waals surface area contributed by atoms with Crippen LogP contribution in [-0.4, -0.2) is 57.4 Å². The molecule has 6 heteroatoms. The van der Waals surface area contributed by atoms with Crippen molar-refractivity contribution in [1.82, 2.24) is 10.3 Å². The maximum atomic E-state index is 5.56. The summed E-state index contributed by atoms with van der Waals surface area (Å²) in [6.45, 7) is 6.98. The molecule has 0 fully saturated rings. The summed E-state index contributed by atoms with van der Waals surface area (Å²) in [6.07, 6.45) is 2.18. The minimum Gasteiger partial charge on any atom is -0.383 e. The molecule has 1 unspecified atom stereocenters. The van der Waals surface area contributed by atoms with Gasteiger partial charge in [-0.2, -0.15) is 0 Å². The molecule has 0 saturated heterocycles. The average molecular weight is 260 g/mol. The van der Waals surface area contributed by atoms with Crippen LogP contribution in [0.2, 0.25) is 0 Å². The molecule has 0 aliphatic carbocycles. The first-order valence-corrected chi connectivity index (χ1v) is 6.46. The van der Waals surface area contributed by atoms with Crippen LogP contribution in [0.5, 0.6) is 0 Å². The SMILES string of the molecule is CCCCN=C(NN)N(CCOC)C(C)COC. The molecular weight excluding hydrogens is 232 g/mol. The van der Waals surface area contributed by atoms with Gasteiger partial charge in [-0.1, -0.05) is 13.3 Å². The maximum Gasteiger partial charge on any atom is 0.208 e. The van der Waals surface area contributed by atoms with E-state index in [1.807, 2.05) is 0 Å². The van der Waals surface area contributed by atoms with Crippen LogP contribution in [0.3, 0.4) is 0 Å². The lowest BCUT2D eigenvalue weighted by Crippen LogP contribution is -2.51. The van der Waals surface area contributed by atoms with Gasteiger partial charge in [0.2, 0.25) is 5.96 Å². The van der Waals surface area contributed by atoms with E-state index in [4.69, 9.17) is 15.3 Å². The van der Waals surface area contributed by atoms with E-state index in [0.29, 0.717) is 19.2 Å². The van der Waals surface area contributed by atoms with Crippen LogP contribution in [0.1, 0.15) is 26.7 Å². The second-order valence-electron chi connectivity index (χ2n) is 4.19. The summed E-state index contributed by atoms with van der Waals surface area (Å²) in [5.74, 6) is 6.26. The van der Waals surface area contributed by atoms with Gasteiger partial charge in [-0.3, -0.25) is 10.4 Å². The number of guanidine groups is 1. The van der Waals surface area contributed by atoms with E-state index >= 15 is 0 Å². The summed E-state index contributed by atoms with van der Waals surface area (Å²) in [5.41, 5.74) is 2.67. The number of hydrogen-bond donors (Lipinski definition) is 2. The van der Waals surface area contributed by atoms with Gasteiger partial charge in [0.05, 0.1) is 19.3 Å². The first-order chi connectivity index (χ1) is 8.71. The molecule has 0 saturated carbocycles. The number of rotatable bonds is 9. The van der Waals surface area contributed by atoms with E-state index < -0.39 is 0 Å². The monoisotopic (exact) mass is 260 g/mol. The number of methoxy groups -OCH3 is 2. The van der Waals surface area contributed by atoms with Crippen molar-refractivity contribution < 1.29 is 9.47 Å². The van der Waals surface area contributed by atoms with Crippen LogP contribution in [0, 0.1) is 0 Å². The lowest BCUT2D eigenvalue weighted by Gasteiger charge is -2.31. The fourth-order valence-corrected chi connectivity index (χ4v) is 1.62. The standard InChI is InChI=1S/C12H28N4O2/c1-5-6-7-14-12(15-13)16(8-9-17-3)11(2)10-18-4/h11H,5-10,13H2,1-4H3,(H,14,15). The Kier molecular flexibility index (Phi) is 10.7. The zero-order chi connectivity index (χ0) is 13.8. The molecule has 0 aromatic heterocycles. The minimum atomic E-state index is 0.196. The van der Waals surface area contributed by atoms with Crippen LogP contribution in [0.25, 0.3) is 0 Å². The molecule has 0 spiro atoms. The van der Waals surface area contributed by atoms with E-state index in [2.05, 4.69) is 29.2 Å². The highest BCUT2D eigenvalue weighted by atomic mass is 16.5. The lowest BCUT2D eigenvalue weighted by atomic mass is 10.3. The first kappa shape index (κ1) is 17.2. The van der Waals surface area contributed by atoms with Crippen molar-refractivity contribution in [3.63, 3.8) is 0 Å². The summed E-state index contributed by atoms with van der Waals surface area (Å²) < 4.78 is 10.3. The van der Waals surface area contributed by atoms with E-state index in [1.54, 1.807) is 14.2 Å². The molecule has 0 bridgehead atoms. The maximum absolute atomic E-state index is 5.56. The molecule has 0 amide bonds. The Morgan fingerprint density at radius 2 is 2.11 bits per heavy atom. The highest BCUT2D eigenvalue weighted by Gasteiger charge is 2.17. The van der Waals surface area contributed by atoms with Gasteiger partial charge in [0.25, 0.3) is 0 Å². The highest BCUT2D eigenvalue weighted by molar-refractivity contribution is 5.79. The predicted octanol–water partition coefficient (Wildman–Crippen LogP) is 0.589. The second kappa shape index (κ2) is 11.3. The zero-order valence-electron chi connectivity index (χ0n) is 12.1. The molecule has 0 aromatic carbocycles. The minimum absolute atomic E-state index is 0.196. The Hall–Kier alpha value is -0.850. The Bertz CT molecular complexity index is 224. The molecule has 0 rings (SSSR count). The quantitative estimate of drug-likeness (QED) is 0.209. The number of hydrazine groups is 1. The fourth-order valence-electron chi connectivity index (χ4n) is 1.62. The van der Waals surface area contributed by atoms with Crippen LogP contribution in [0.4, 0.5) is 0 Å². The summed E-state index contributed by atoms with van der Waals surface area (Å²) in [5, 5.41) is 0. The molecule has 6 nitrogen and oxygen atoms in total. The van der Waals surface area contributed by atoms with Crippen molar-refractivity contribution in [3.8, 4) is 0 Å². The molecule has 0 aliphatic heterocycles. The van der Waals surface area contributed by atoms with E-state index in [0.717, 1.165) is 25.9 Å². The number of nitrogens with two attached hydrogens (primary N) is 1. The van der Waals surface area contributed by atoms with E-state index in [1.165, 1.54) is 0 Å². The van der Waals surface area contributed by atoms with Crippen molar-refractivity contribution >= 4 is 5.96 Å². The van der Waals surface area contributed by atoms with E-state index in [9.17, 15) is 0 Å². The van der Waals surface area contributed by atoms with Crippen LogP contribution < -0.4 is 11.3 Å². The molecular formula is C12H28N4O2. The van der Waals surface area contributed by atoms with Crippen molar-refractivity contribution in [1.29, 1.82) is 0 Å². The Morgan fingerprint density at radius 3 is 2.61 bits per heavy atom. The third kappa shape index (κ3) is 6.78. The number of aliphatic imine (C=N–C) groups is 1. The van der Waals surface area contributed by atoms with Crippen LogP contribution >= 0.6 is 0 Å². The molecule has 3 N–H and O–H groups in total. The topological polar surface area (TPSA) is 72.1 Å². The predicted molar refractivity (Wildman–Crippen MR) is 74.5 cm³/mol. The highest BCUT2D eigenvalue weighted by Crippen LogP contribution is 2.01. The van der Waals surface area contributed by atoms with Crippen molar-refractivity contribution in [2.75, 3.05) is 40.5 Å². The van der Waals surface area contributed by atoms with Gasteiger partial charge in [0.1, 0.15) is 0 Å². The lowest BCUT2D eigenvalue weighted by molar-refractivity contribution is 0.111. The van der Waals surface area contributed by atoms with Gasteiger partial charge in [-0.05, 0) is 13.3 Å². The third-order valence-electron chi connectivity index (χ3n) is 2.65. The van der Waals surface area contributed by atoms with E-state index in [-0.39, 0.29) is 6.04 Å². The summed E-state index contributed by atoms with van der Waals surface area (Å²) >= 11 is 0. The van der Waals surface area contributed by atoms with Crippen molar-refractivity contribution in [3.05, 3.63) is 0 Å². The fraction of sp³-hybridized carbons (Fsp3) is 0.917. The molecule has 0 aliphatic rings. The van der Waals surface area contributed by atoms with Gasteiger partial charge in [0, 0.05) is 27.3 Å². The number of nitrogens with zero attached hydrogens (tertiary/aromatic N) is 2. The number of hydrogen-bond acceptors (Lipinski definition) is 4. The number of unbranched alkanes of at least 4 members (excludes halogenated alkanes) is 1. The third-order valence-corrected chi connectivity index (χ3v) is 2.65. The molecule has 1 atom stereocenters. The van der Waals surface area contributed by atoms with Gasteiger partial charge in [-0.25, -0.2) is 5.84 Å². The van der Waals surface area contributed by atoms with Crippen LogP contribution in [0.15, 0.2) is 4.99 Å². The molecule has 18 heavy (non-hydrogen) atoms. The molecule has 0 heterocycles. The van der Waals surface area contributed by atoms with Gasteiger partial charge in [0.15, 0.2) is 0 Å². The largest absolute Gasteiger partial charge is 0.383 e.